The lowest BCUT2D eigenvalue weighted by atomic mass is 10.1. The van der Waals surface area contributed by atoms with Crippen molar-refractivity contribution in [3.05, 3.63) is 45.3 Å². The Morgan fingerprint density at radius 2 is 2.19 bits per heavy atom. The van der Waals surface area contributed by atoms with Gasteiger partial charge < -0.3 is 4.42 Å². The molecule has 0 saturated carbocycles. The van der Waals surface area contributed by atoms with E-state index in [1.165, 1.54) is 10.4 Å². The lowest BCUT2D eigenvalue weighted by Crippen LogP contribution is -2.32. The summed E-state index contributed by atoms with van der Waals surface area (Å²) < 4.78 is 5.86. The summed E-state index contributed by atoms with van der Waals surface area (Å²) in [5.41, 5.74) is 1.44. The van der Waals surface area contributed by atoms with Gasteiger partial charge in [0.25, 0.3) is 5.89 Å². The Morgan fingerprint density at radius 3 is 3.05 bits per heavy atom. The highest BCUT2D eigenvalue weighted by molar-refractivity contribution is 7.13. The second kappa shape index (κ2) is 5.36. The molecule has 4 heterocycles. The number of rotatable bonds is 3. The standard InChI is InChI=1S/C15H15N3OS2/c1-10(18-6-4-12-11(9-18)5-8-21-12)14-16-17-15(19-14)13-3-2-7-20-13/h2-3,5,7-8,10H,4,6,9H2,1H3. The van der Waals surface area contributed by atoms with Crippen LogP contribution in [0.3, 0.4) is 0 Å². The van der Waals surface area contributed by atoms with Crippen LogP contribution in [0.15, 0.2) is 33.4 Å². The molecule has 0 aliphatic carbocycles. The highest BCUT2D eigenvalue weighted by Crippen LogP contribution is 2.31. The predicted molar refractivity (Wildman–Crippen MR) is 84.5 cm³/mol. The van der Waals surface area contributed by atoms with Crippen molar-refractivity contribution >= 4 is 22.7 Å². The molecular formula is C15H15N3OS2. The first-order valence-corrected chi connectivity index (χ1v) is 8.74. The van der Waals surface area contributed by atoms with Crippen LogP contribution in [0, 0.1) is 0 Å². The van der Waals surface area contributed by atoms with Gasteiger partial charge in [0, 0.05) is 18.0 Å². The second-order valence-electron chi connectivity index (χ2n) is 5.19. The molecule has 0 N–H and O–H groups in total. The van der Waals surface area contributed by atoms with Gasteiger partial charge in [-0.05, 0) is 41.8 Å². The van der Waals surface area contributed by atoms with Crippen LogP contribution in [0.5, 0.6) is 0 Å². The van der Waals surface area contributed by atoms with Gasteiger partial charge in [0.1, 0.15) is 0 Å². The summed E-state index contributed by atoms with van der Waals surface area (Å²) in [7, 11) is 0. The Labute approximate surface area is 131 Å². The maximum atomic E-state index is 5.86. The average Bonchev–Trinajstić information content (AvgIpc) is 3.24. The van der Waals surface area contributed by atoms with Crippen LogP contribution in [0.1, 0.15) is 29.3 Å². The van der Waals surface area contributed by atoms with Crippen molar-refractivity contribution in [3.63, 3.8) is 0 Å². The van der Waals surface area contributed by atoms with Crippen molar-refractivity contribution in [2.75, 3.05) is 6.54 Å². The quantitative estimate of drug-likeness (QED) is 0.733. The number of thiophene rings is 2. The van der Waals surface area contributed by atoms with Crippen molar-refractivity contribution in [3.8, 4) is 10.8 Å². The van der Waals surface area contributed by atoms with E-state index in [2.05, 4.69) is 33.5 Å². The van der Waals surface area contributed by atoms with Crippen LogP contribution in [-0.2, 0) is 13.0 Å². The molecule has 0 fully saturated rings. The third kappa shape index (κ3) is 2.43. The zero-order chi connectivity index (χ0) is 14.2. The monoisotopic (exact) mass is 317 g/mol. The number of hydrogen-bond acceptors (Lipinski definition) is 6. The molecule has 6 heteroatoms. The molecule has 0 spiro atoms. The van der Waals surface area contributed by atoms with E-state index >= 15 is 0 Å². The fraction of sp³-hybridized carbons (Fsp3) is 0.333. The Bertz CT molecular complexity index is 732. The lowest BCUT2D eigenvalue weighted by molar-refractivity contribution is 0.168. The maximum Gasteiger partial charge on any atom is 0.257 e. The summed E-state index contributed by atoms with van der Waals surface area (Å²) in [4.78, 5) is 4.95. The van der Waals surface area contributed by atoms with Crippen LogP contribution >= 0.6 is 22.7 Å². The third-order valence-electron chi connectivity index (χ3n) is 3.91. The van der Waals surface area contributed by atoms with Gasteiger partial charge in [0.2, 0.25) is 5.89 Å². The lowest BCUT2D eigenvalue weighted by Gasteiger charge is -2.30. The van der Waals surface area contributed by atoms with Gasteiger partial charge in [-0.2, -0.15) is 0 Å². The highest BCUT2D eigenvalue weighted by atomic mass is 32.1. The number of fused-ring (bicyclic) bond motifs is 1. The van der Waals surface area contributed by atoms with Gasteiger partial charge in [-0.15, -0.1) is 32.9 Å². The smallest absolute Gasteiger partial charge is 0.257 e. The van der Waals surface area contributed by atoms with E-state index in [-0.39, 0.29) is 6.04 Å². The topological polar surface area (TPSA) is 42.2 Å². The van der Waals surface area contributed by atoms with E-state index < -0.39 is 0 Å². The average molecular weight is 317 g/mol. The van der Waals surface area contributed by atoms with Crippen LogP contribution in [0.25, 0.3) is 10.8 Å². The summed E-state index contributed by atoms with van der Waals surface area (Å²) in [5.74, 6) is 1.33. The van der Waals surface area contributed by atoms with Gasteiger partial charge in [0.15, 0.2) is 0 Å². The van der Waals surface area contributed by atoms with Gasteiger partial charge >= 0.3 is 0 Å². The molecule has 1 aliphatic rings. The van der Waals surface area contributed by atoms with E-state index in [0.29, 0.717) is 11.8 Å². The van der Waals surface area contributed by atoms with E-state index in [0.717, 1.165) is 24.4 Å². The Morgan fingerprint density at radius 1 is 1.24 bits per heavy atom. The number of hydrogen-bond donors (Lipinski definition) is 0. The zero-order valence-corrected chi connectivity index (χ0v) is 13.3. The van der Waals surface area contributed by atoms with E-state index in [9.17, 15) is 0 Å². The molecule has 21 heavy (non-hydrogen) atoms. The highest BCUT2D eigenvalue weighted by Gasteiger charge is 2.26. The molecule has 4 nitrogen and oxygen atoms in total. The van der Waals surface area contributed by atoms with Crippen molar-refractivity contribution < 1.29 is 4.42 Å². The first-order chi connectivity index (χ1) is 10.3. The zero-order valence-electron chi connectivity index (χ0n) is 11.7. The molecule has 0 saturated heterocycles. The third-order valence-corrected chi connectivity index (χ3v) is 5.80. The van der Waals surface area contributed by atoms with Gasteiger partial charge in [-0.25, -0.2) is 0 Å². The fourth-order valence-electron chi connectivity index (χ4n) is 2.66. The Balaban J connectivity index is 1.54. The van der Waals surface area contributed by atoms with Crippen LogP contribution < -0.4 is 0 Å². The number of nitrogens with zero attached hydrogens (tertiary/aromatic N) is 3. The molecule has 3 aromatic heterocycles. The van der Waals surface area contributed by atoms with Gasteiger partial charge in [-0.1, -0.05) is 6.07 Å². The van der Waals surface area contributed by atoms with Crippen molar-refractivity contribution in [1.82, 2.24) is 15.1 Å². The second-order valence-corrected chi connectivity index (χ2v) is 7.14. The Hall–Kier alpha value is -1.50. The van der Waals surface area contributed by atoms with E-state index in [1.54, 1.807) is 11.3 Å². The molecule has 0 aromatic carbocycles. The summed E-state index contributed by atoms with van der Waals surface area (Å²) >= 11 is 3.48. The molecule has 1 aliphatic heterocycles. The number of aromatic nitrogens is 2. The normalized spacial score (nSPS) is 16.8. The van der Waals surface area contributed by atoms with Gasteiger partial charge in [-0.3, -0.25) is 4.90 Å². The molecule has 4 rings (SSSR count). The summed E-state index contributed by atoms with van der Waals surface area (Å²) in [6.07, 6.45) is 1.11. The first kappa shape index (κ1) is 13.2. The van der Waals surface area contributed by atoms with Gasteiger partial charge in [0.05, 0.1) is 10.9 Å². The molecule has 0 amide bonds. The SMILES string of the molecule is CC(c1nnc(-c2cccs2)o1)N1CCc2sccc2C1. The van der Waals surface area contributed by atoms with Crippen LogP contribution in [0.2, 0.25) is 0 Å². The van der Waals surface area contributed by atoms with E-state index in [4.69, 9.17) is 4.42 Å². The first-order valence-electron chi connectivity index (χ1n) is 6.98. The van der Waals surface area contributed by atoms with E-state index in [1.807, 2.05) is 28.8 Å². The molecule has 0 radical (unpaired) electrons. The molecule has 0 bridgehead atoms. The maximum absolute atomic E-state index is 5.86. The molecule has 108 valence electrons. The van der Waals surface area contributed by atoms with Crippen molar-refractivity contribution in [2.45, 2.75) is 25.9 Å². The predicted octanol–water partition coefficient (Wildman–Crippen LogP) is 3.98. The van der Waals surface area contributed by atoms with Crippen LogP contribution in [0.4, 0.5) is 0 Å². The molecular weight excluding hydrogens is 302 g/mol. The van der Waals surface area contributed by atoms with Crippen molar-refractivity contribution in [2.24, 2.45) is 0 Å². The minimum atomic E-state index is 0.152. The fourth-order valence-corrected chi connectivity index (χ4v) is 4.19. The van der Waals surface area contributed by atoms with Crippen LogP contribution in [-0.4, -0.2) is 21.6 Å². The minimum Gasteiger partial charge on any atom is -0.418 e. The molecule has 1 atom stereocenters. The molecule has 1 unspecified atom stereocenters. The van der Waals surface area contributed by atoms with Crippen molar-refractivity contribution in [1.29, 1.82) is 0 Å². The largest absolute Gasteiger partial charge is 0.418 e. The summed E-state index contributed by atoms with van der Waals surface area (Å²) in [6.45, 7) is 4.16. The Kier molecular flexibility index (Phi) is 3.37. The summed E-state index contributed by atoms with van der Waals surface area (Å²) in [6, 6.07) is 6.38. The minimum absolute atomic E-state index is 0.152. The molecule has 3 aromatic rings. The summed E-state index contributed by atoms with van der Waals surface area (Å²) in [5, 5.41) is 12.6.